The van der Waals surface area contributed by atoms with Crippen LogP contribution < -0.4 is 4.90 Å². The molecule has 0 unspecified atom stereocenters. The van der Waals surface area contributed by atoms with Gasteiger partial charge in [0.25, 0.3) is 0 Å². The van der Waals surface area contributed by atoms with Crippen LogP contribution in [0.2, 0.25) is 0 Å². The molecule has 0 atom stereocenters. The van der Waals surface area contributed by atoms with Gasteiger partial charge in [0, 0.05) is 49.9 Å². The topological polar surface area (TPSA) is 55.1 Å². The number of anilines is 3. The van der Waals surface area contributed by atoms with E-state index < -0.39 is 0 Å². The van der Waals surface area contributed by atoms with Crippen LogP contribution in [0.15, 0.2) is 223 Å². The van der Waals surface area contributed by atoms with Crippen molar-refractivity contribution in [2.75, 3.05) is 4.90 Å². The van der Waals surface area contributed by atoms with Crippen LogP contribution in [0.4, 0.5) is 17.1 Å². The summed E-state index contributed by atoms with van der Waals surface area (Å²) in [5.41, 5.74) is 17.1. The summed E-state index contributed by atoms with van der Waals surface area (Å²) in [7, 11) is 0. The molecule has 1 aliphatic carbocycles. The van der Waals surface area contributed by atoms with E-state index in [4.69, 9.17) is 19.4 Å². The van der Waals surface area contributed by atoms with Crippen LogP contribution in [0.1, 0.15) is 25.0 Å². The minimum atomic E-state index is -0.138. The van der Waals surface area contributed by atoms with Gasteiger partial charge >= 0.3 is 0 Å². The molecule has 0 aliphatic heterocycles. The van der Waals surface area contributed by atoms with Crippen molar-refractivity contribution in [1.29, 1.82) is 0 Å². The third-order valence-corrected chi connectivity index (χ3v) is 12.9. The Labute approximate surface area is 378 Å². The largest absolute Gasteiger partial charge is 0.456 e. The predicted molar refractivity (Wildman–Crippen MR) is 267 cm³/mol. The Kier molecular flexibility index (Phi) is 9.09. The minimum Gasteiger partial charge on any atom is -0.456 e. The highest BCUT2D eigenvalue weighted by atomic mass is 16.3. The molecule has 65 heavy (non-hydrogen) atoms. The molecule has 0 radical (unpaired) electrons. The zero-order valence-corrected chi connectivity index (χ0v) is 36.0. The van der Waals surface area contributed by atoms with Crippen LogP contribution >= 0.6 is 0 Å². The maximum absolute atomic E-state index is 6.62. The number of benzene rings is 9. The van der Waals surface area contributed by atoms with E-state index in [1.165, 1.54) is 33.4 Å². The summed E-state index contributed by atoms with van der Waals surface area (Å²) in [6, 6.07) is 76.9. The Balaban J connectivity index is 1.01. The SMILES string of the molecule is CC1(C)c2ccccc2-c2ccc(N(c3ccc(-c4ccccc4)cc3)c3ccc(-c4cc(-c5nc(-c6ccccc6)nc(-c6ccccc6)n5)cc5oc6ccccc6c45)cc3)cc21. The maximum atomic E-state index is 6.62. The molecule has 0 spiro atoms. The van der Waals surface area contributed by atoms with E-state index >= 15 is 0 Å². The summed E-state index contributed by atoms with van der Waals surface area (Å²) >= 11 is 0. The maximum Gasteiger partial charge on any atom is 0.164 e. The number of aromatic nitrogens is 3. The number of hydrogen-bond acceptors (Lipinski definition) is 5. The van der Waals surface area contributed by atoms with Crippen LogP contribution in [0.25, 0.3) is 89.5 Å². The van der Waals surface area contributed by atoms with E-state index in [1.807, 2.05) is 72.8 Å². The molecule has 0 N–H and O–H groups in total. The van der Waals surface area contributed by atoms with Crippen molar-refractivity contribution in [3.63, 3.8) is 0 Å². The molecule has 9 aromatic carbocycles. The van der Waals surface area contributed by atoms with Gasteiger partial charge in [0.2, 0.25) is 0 Å². The summed E-state index contributed by atoms with van der Waals surface area (Å²) in [6.07, 6.45) is 0. The monoisotopic (exact) mass is 834 g/mol. The molecule has 0 bridgehead atoms. The number of furan rings is 1. The van der Waals surface area contributed by atoms with Gasteiger partial charge in [-0.2, -0.15) is 0 Å². The number of para-hydroxylation sites is 1. The summed E-state index contributed by atoms with van der Waals surface area (Å²) in [5, 5.41) is 2.10. The number of fused-ring (bicyclic) bond motifs is 6. The molecule has 0 saturated carbocycles. The number of hydrogen-bond donors (Lipinski definition) is 0. The molecular weight excluding hydrogens is 793 g/mol. The van der Waals surface area contributed by atoms with Gasteiger partial charge < -0.3 is 9.32 Å². The molecular formula is C60H42N4O. The van der Waals surface area contributed by atoms with E-state index in [0.717, 1.165) is 66.8 Å². The van der Waals surface area contributed by atoms with Gasteiger partial charge in [-0.1, -0.05) is 178 Å². The van der Waals surface area contributed by atoms with Crippen molar-refractivity contribution in [2.24, 2.45) is 0 Å². The highest BCUT2D eigenvalue weighted by Crippen LogP contribution is 2.51. The summed E-state index contributed by atoms with van der Waals surface area (Å²) in [4.78, 5) is 17.5. The highest BCUT2D eigenvalue weighted by molar-refractivity contribution is 6.13. The van der Waals surface area contributed by atoms with Crippen molar-refractivity contribution in [3.05, 3.63) is 230 Å². The Morgan fingerprint density at radius 2 is 0.846 bits per heavy atom. The van der Waals surface area contributed by atoms with Gasteiger partial charge in [-0.3, -0.25) is 0 Å². The van der Waals surface area contributed by atoms with Gasteiger partial charge in [-0.05, 0) is 99.1 Å². The molecule has 11 aromatic rings. The molecule has 5 heteroatoms. The van der Waals surface area contributed by atoms with Crippen LogP contribution in [-0.2, 0) is 5.41 Å². The normalized spacial score (nSPS) is 12.6. The van der Waals surface area contributed by atoms with Crippen LogP contribution in [0, 0.1) is 0 Å². The third-order valence-electron chi connectivity index (χ3n) is 12.9. The lowest BCUT2D eigenvalue weighted by atomic mass is 9.82. The van der Waals surface area contributed by atoms with Crippen molar-refractivity contribution < 1.29 is 4.42 Å². The zero-order chi connectivity index (χ0) is 43.5. The van der Waals surface area contributed by atoms with Gasteiger partial charge in [0.15, 0.2) is 17.5 Å². The number of nitrogens with zero attached hydrogens (tertiary/aromatic N) is 4. The van der Waals surface area contributed by atoms with Gasteiger partial charge in [0.1, 0.15) is 11.2 Å². The average molecular weight is 835 g/mol. The fourth-order valence-electron chi connectivity index (χ4n) is 9.65. The van der Waals surface area contributed by atoms with Crippen LogP contribution in [0.3, 0.4) is 0 Å². The van der Waals surface area contributed by atoms with Crippen molar-refractivity contribution in [1.82, 2.24) is 15.0 Å². The van der Waals surface area contributed by atoms with Crippen LogP contribution in [0.5, 0.6) is 0 Å². The molecule has 5 nitrogen and oxygen atoms in total. The molecule has 0 fully saturated rings. The second kappa shape index (κ2) is 15.4. The first-order chi connectivity index (χ1) is 32.0. The van der Waals surface area contributed by atoms with E-state index in [9.17, 15) is 0 Å². The van der Waals surface area contributed by atoms with Gasteiger partial charge in [0.05, 0.1) is 0 Å². The van der Waals surface area contributed by atoms with Gasteiger partial charge in [-0.25, -0.2) is 15.0 Å². The second-order valence-corrected chi connectivity index (χ2v) is 17.2. The van der Waals surface area contributed by atoms with E-state index in [-0.39, 0.29) is 5.41 Å². The van der Waals surface area contributed by atoms with E-state index in [0.29, 0.717) is 17.5 Å². The third kappa shape index (κ3) is 6.68. The lowest BCUT2D eigenvalue weighted by Crippen LogP contribution is -2.16. The van der Waals surface area contributed by atoms with Crippen molar-refractivity contribution in [3.8, 4) is 67.5 Å². The average Bonchev–Trinajstić information content (AvgIpc) is 3.86. The Hall–Kier alpha value is -8.41. The standard InChI is InChI=1S/C60H42N4O/c1-60(2)52-24-14-12-22-48(52)49-35-34-47(38-53(49)60)64(45-30-26-40(27-31-45)39-16-6-3-7-17-39)46-32-28-41(29-33-46)51-36-44(37-55-56(51)50-23-13-15-25-54(50)65-55)59-62-57(42-18-8-4-9-19-42)61-58(63-59)43-20-10-5-11-21-43/h3-38H,1-2H3. The smallest absolute Gasteiger partial charge is 0.164 e. The molecule has 1 aliphatic rings. The van der Waals surface area contributed by atoms with E-state index in [2.05, 4.69) is 164 Å². The first-order valence-corrected chi connectivity index (χ1v) is 22.1. The first kappa shape index (κ1) is 38.3. The van der Waals surface area contributed by atoms with Crippen molar-refractivity contribution >= 4 is 39.0 Å². The molecule has 0 amide bonds. The molecule has 308 valence electrons. The fourth-order valence-corrected chi connectivity index (χ4v) is 9.65. The van der Waals surface area contributed by atoms with Crippen LogP contribution in [-0.4, -0.2) is 15.0 Å². The number of rotatable bonds is 8. The Bertz CT molecular complexity index is 3490. The summed E-state index contributed by atoms with van der Waals surface area (Å²) in [6.45, 7) is 4.68. The Morgan fingerprint density at radius 1 is 0.354 bits per heavy atom. The molecule has 2 aromatic heterocycles. The highest BCUT2D eigenvalue weighted by Gasteiger charge is 2.35. The molecule has 2 heterocycles. The lowest BCUT2D eigenvalue weighted by molar-refractivity contribution is 0.660. The lowest BCUT2D eigenvalue weighted by Gasteiger charge is -2.28. The fraction of sp³-hybridized carbons (Fsp3) is 0.0500. The summed E-state index contributed by atoms with van der Waals surface area (Å²) < 4.78 is 6.62. The molecule has 0 saturated heterocycles. The quantitative estimate of drug-likeness (QED) is 0.153. The van der Waals surface area contributed by atoms with Gasteiger partial charge in [-0.15, -0.1) is 0 Å². The van der Waals surface area contributed by atoms with E-state index in [1.54, 1.807) is 0 Å². The Morgan fingerprint density at radius 3 is 1.49 bits per heavy atom. The zero-order valence-electron chi connectivity index (χ0n) is 36.0. The predicted octanol–water partition coefficient (Wildman–Crippen LogP) is 15.9. The second-order valence-electron chi connectivity index (χ2n) is 17.2. The van der Waals surface area contributed by atoms with Crippen molar-refractivity contribution in [2.45, 2.75) is 19.3 Å². The summed E-state index contributed by atoms with van der Waals surface area (Å²) in [5.74, 6) is 1.80. The molecule has 12 rings (SSSR count). The first-order valence-electron chi connectivity index (χ1n) is 22.1. The minimum absolute atomic E-state index is 0.138.